The minimum Gasteiger partial charge on any atom is -0.353 e. The van der Waals surface area contributed by atoms with Gasteiger partial charge in [0.25, 0.3) is 5.91 Å². The molecule has 1 aromatic carbocycles. The summed E-state index contributed by atoms with van der Waals surface area (Å²) in [5.74, 6) is -2.36. The summed E-state index contributed by atoms with van der Waals surface area (Å²) in [6.07, 6.45) is 0. The molecule has 0 aliphatic carbocycles. The van der Waals surface area contributed by atoms with E-state index in [1.165, 1.54) is 6.07 Å². The number of nitrogens with one attached hydrogen (secondary N) is 1. The van der Waals surface area contributed by atoms with E-state index in [4.69, 9.17) is 0 Å². The van der Waals surface area contributed by atoms with Crippen molar-refractivity contribution in [2.24, 2.45) is 0 Å². The summed E-state index contributed by atoms with van der Waals surface area (Å²) in [5.41, 5.74) is 0.134. The minimum absolute atomic E-state index is 0.0413. The smallest absolute Gasteiger partial charge is 0.254 e. The lowest BCUT2D eigenvalue weighted by Gasteiger charge is -2.34. The van der Waals surface area contributed by atoms with E-state index in [0.29, 0.717) is 32.7 Å². The fraction of sp³-hybridized carbons (Fsp3) is 0.500. The van der Waals surface area contributed by atoms with Gasteiger partial charge in [-0.25, -0.2) is 8.78 Å². The predicted octanol–water partition coefficient (Wildman–Crippen LogP) is 1.25. The van der Waals surface area contributed by atoms with Crippen LogP contribution in [-0.4, -0.2) is 60.4 Å². The SMILES string of the molecule is CC(C)NC(=O)CN1CCN(C(=O)c2ccc(F)c(F)c2)CC1. The lowest BCUT2D eigenvalue weighted by molar-refractivity contribution is -0.123. The Hall–Kier alpha value is -2.02. The van der Waals surface area contributed by atoms with Crippen molar-refractivity contribution in [2.75, 3.05) is 32.7 Å². The second-order valence-electron chi connectivity index (χ2n) is 5.92. The molecule has 7 heteroatoms. The largest absolute Gasteiger partial charge is 0.353 e. The number of piperazine rings is 1. The van der Waals surface area contributed by atoms with Gasteiger partial charge in [-0.1, -0.05) is 0 Å². The Morgan fingerprint density at radius 2 is 1.78 bits per heavy atom. The zero-order valence-corrected chi connectivity index (χ0v) is 13.3. The Morgan fingerprint density at radius 1 is 1.13 bits per heavy atom. The van der Waals surface area contributed by atoms with Gasteiger partial charge in [0, 0.05) is 37.8 Å². The van der Waals surface area contributed by atoms with Gasteiger partial charge in [-0.2, -0.15) is 0 Å². The molecule has 0 radical (unpaired) electrons. The van der Waals surface area contributed by atoms with E-state index in [9.17, 15) is 18.4 Å². The highest BCUT2D eigenvalue weighted by molar-refractivity contribution is 5.94. The van der Waals surface area contributed by atoms with Gasteiger partial charge in [-0.05, 0) is 32.0 Å². The molecule has 1 aromatic rings. The first-order valence-electron chi connectivity index (χ1n) is 7.63. The van der Waals surface area contributed by atoms with Crippen molar-refractivity contribution in [3.8, 4) is 0 Å². The van der Waals surface area contributed by atoms with Crippen LogP contribution in [0.5, 0.6) is 0 Å². The number of halogens is 2. The van der Waals surface area contributed by atoms with E-state index >= 15 is 0 Å². The van der Waals surface area contributed by atoms with E-state index < -0.39 is 11.6 Å². The quantitative estimate of drug-likeness (QED) is 0.906. The van der Waals surface area contributed by atoms with Gasteiger partial charge in [0.05, 0.1) is 6.54 Å². The van der Waals surface area contributed by atoms with Gasteiger partial charge in [0.2, 0.25) is 5.91 Å². The molecule has 23 heavy (non-hydrogen) atoms. The summed E-state index contributed by atoms with van der Waals surface area (Å²) >= 11 is 0. The van der Waals surface area contributed by atoms with E-state index in [2.05, 4.69) is 5.32 Å². The van der Waals surface area contributed by atoms with Crippen molar-refractivity contribution in [2.45, 2.75) is 19.9 Å². The molecule has 1 saturated heterocycles. The second kappa shape index (κ2) is 7.50. The molecule has 0 bridgehead atoms. The lowest BCUT2D eigenvalue weighted by Crippen LogP contribution is -2.51. The van der Waals surface area contributed by atoms with Gasteiger partial charge in [0.15, 0.2) is 11.6 Å². The monoisotopic (exact) mass is 325 g/mol. The fourth-order valence-electron chi connectivity index (χ4n) is 2.49. The van der Waals surface area contributed by atoms with Gasteiger partial charge in [-0.3, -0.25) is 14.5 Å². The molecule has 5 nitrogen and oxygen atoms in total. The Morgan fingerprint density at radius 3 is 2.35 bits per heavy atom. The van der Waals surface area contributed by atoms with Gasteiger partial charge >= 0.3 is 0 Å². The van der Waals surface area contributed by atoms with Crippen molar-refractivity contribution in [1.29, 1.82) is 0 Å². The van der Waals surface area contributed by atoms with E-state index in [1.54, 1.807) is 4.90 Å². The van der Waals surface area contributed by atoms with Crippen LogP contribution in [0.25, 0.3) is 0 Å². The summed E-state index contributed by atoms with van der Waals surface area (Å²) in [5, 5.41) is 2.82. The number of rotatable bonds is 4. The molecule has 2 amide bonds. The number of hydrogen-bond acceptors (Lipinski definition) is 3. The Bertz CT molecular complexity index is 585. The lowest BCUT2D eigenvalue weighted by atomic mass is 10.1. The summed E-state index contributed by atoms with van der Waals surface area (Å²) in [6, 6.07) is 3.25. The summed E-state index contributed by atoms with van der Waals surface area (Å²) in [6.45, 7) is 6.14. The van der Waals surface area contributed by atoms with E-state index in [-0.39, 0.29) is 23.4 Å². The van der Waals surface area contributed by atoms with Crippen molar-refractivity contribution in [1.82, 2.24) is 15.1 Å². The van der Waals surface area contributed by atoms with Gasteiger partial charge < -0.3 is 10.2 Å². The first kappa shape index (κ1) is 17.3. The van der Waals surface area contributed by atoms with Crippen LogP contribution in [-0.2, 0) is 4.79 Å². The Balaban J connectivity index is 1.87. The van der Waals surface area contributed by atoms with Crippen LogP contribution >= 0.6 is 0 Å². The van der Waals surface area contributed by atoms with E-state index in [1.807, 2.05) is 18.7 Å². The topological polar surface area (TPSA) is 52.7 Å². The number of amides is 2. The van der Waals surface area contributed by atoms with Crippen LogP contribution < -0.4 is 5.32 Å². The highest BCUT2D eigenvalue weighted by Crippen LogP contribution is 2.12. The molecule has 2 rings (SSSR count). The zero-order valence-electron chi connectivity index (χ0n) is 13.3. The highest BCUT2D eigenvalue weighted by Gasteiger charge is 2.24. The number of benzene rings is 1. The summed E-state index contributed by atoms with van der Waals surface area (Å²) in [7, 11) is 0. The van der Waals surface area contributed by atoms with Crippen molar-refractivity contribution in [3.63, 3.8) is 0 Å². The third kappa shape index (κ3) is 4.72. The molecule has 1 aliphatic heterocycles. The van der Waals surface area contributed by atoms with Crippen molar-refractivity contribution < 1.29 is 18.4 Å². The molecular formula is C16H21F2N3O2. The summed E-state index contributed by atoms with van der Waals surface area (Å²) < 4.78 is 26.1. The maximum atomic E-state index is 13.2. The second-order valence-corrected chi connectivity index (χ2v) is 5.92. The third-order valence-electron chi connectivity index (χ3n) is 3.64. The number of hydrogen-bond donors (Lipinski definition) is 1. The summed E-state index contributed by atoms with van der Waals surface area (Å²) in [4.78, 5) is 27.5. The molecule has 0 atom stereocenters. The standard InChI is InChI=1S/C16H21F2N3O2/c1-11(2)19-15(22)10-20-5-7-21(8-6-20)16(23)12-3-4-13(17)14(18)9-12/h3-4,9,11H,5-8,10H2,1-2H3,(H,19,22). The number of carbonyl (C=O) groups is 2. The zero-order chi connectivity index (χ0) is 17.0. The van der Waals surface area contributed by atoms with Crippen LogP contribution in [0, 0.1) is 11.6 Å². The molecule has 0 spiro atoms. The van der Waals surface area contributed by atoms with Crippen molar-refractivity contribution in [3.05, 3.63) is 35.4 Å². The fourth-order valence-corrected chi connectivity index (χ4v) is 2.49. The van der Waals surface area contributed by atoms with Crippen LogP contribution in [0.4, 0.5) is 8.78 Å². The number of nitrogens with zero attached hydrogens (tertiary/aromatic N) is 2. The van der Waals surface area contributed by atoms with Gasteiger partial charge in [-0.15, -0.1) is 0 Å². The highest BCUT2D eigenvalue weighted by atomic mass is 19.2. The Labute approximate surface area is 134 Å². The maximum absolute atomic E-state index is 13.2. The average molecular weight is 325 g/mol. The first-order valence-corrected chi connectivity index (χ1v) is 7.63. The molecule has 1 heterocycles. The molecule has 126 valence electrons. The molecule has 1 fully saturated rings. The molecule has 0 aromatic heterocycles. The Kier molecular flexibility index (Phi) is 5.65. The average Bonchev–Trinajstić information content (AvgIpc) is 2.49. The molecule has 0 saturated carbocycles. The molecular weight excluding hydrogens is 304 g/mol. The van der Waals surface area contributed by atoms with Crippen LogP contribution in [0.1, 0.15) is 24.2 Å². The molecule has 1 aliphatic rings. The first-order chi connectivity index (χ1) is 10.9. The normalized spacial score (nSPS) is 15.8. The van der Waals surface area contributed by atoms with Crippen LogP contribution in [0.15, 0.2) is 18.2 Å². The maximum Gasteiger partial charge on any atom is 0.254 e. The van der Waals surface area contributed by atoms with E-state index in [0.717, 1.165) is 12.1 Å². The molecule has 1 N–H and O–H groups in total. The predicted molar refractivity (Wildman–Crippen MR) is 82.0 cm³/mol. The van der Waals surface area contributed by atoms with Gasteiger partial charge in [0.1, 0.15) is 0 Å². The van der Waals surface area contributed by atoms with Crippen molar-refractivity contribution >= 4 is 11.8 Å². The minimum atomic E-state index is -1.03. The number of carbonyl (C=O) groups excluding carboxylic acids is 2. The third-order valence-corrected chi connectivity index (χ3v) is 3.64. The van der Waals surface area contributed by atoms with Crippen LogP contribution in [0.2, 0.25) is 0 Å². The molecule has 0 unspecified atom stereocenters. The van der Waals surface area contributed by atoms with Crippen LogP contribution in [0.3, 0.4) is 0 Å².